The van der Waals surface area contributed by atoms with Crippen LogP contribution in [0.2, 0.25) is 0 Å². The molecule has 0 fully saturated rings. The van der Waals surface area contributed by atoms with Gasteiger partial charge in [-0.2, -0.15) is 17.6 Å². The normalized spacial score (nSPS) is 12.6. The maximum Gasteiger partial charge on any atom is 0.389 e. The summed E-state index contributed by atoms with van der Waals surface area (Å²) in [5, 5.41) is 1.29. The van der Waals surface area contributed by atoms with Gasteiger partial charge in [-0.05, 0) is 12.1 Å². The van der Waals surface area contributed by atoms with Crippen molar-refractivity contribution in [3.63, 3.8) is 0 Å². The molecule has 0 radical (unpaired) electrons. The minimum Gasteiger partial charge on any atom is -0.322 e. The van der Waals surface area contributed by atoms with Crippen molar-refractivity contribution in [1.82, 2.24) is 0 Å². The van der Waals surface area contributed by atoms with Gasteiger partial charge in [-0.3, -0.25) is 0 Å². The molecule has 1 aromatic rings. The predicted molar refractivity (Wildman–Crippen MR) is 45.9 cm³/mol. The first-order valence-corrected chi connectivity index (χ1v) is 4.04. The summed E-state index contributed by atoms with van der Waals surface area (Å²) in [5.41, 5.74) is -0.198. The predicted octanol–water partition coefficient (Wildman–Crippen LogP) is 3.30. The van der Waals surface area contributed by atoms with Crippen LogP contribution in [0.4, 0.5) is 27.6 Å². The van der Waals surface area contributed by atoms with Crippen LogP contribution < -0.4 is 5.32 Å². The topological polar surface area (TPSA) is 12.0 Å². The van der Waals surface area contributed by atoms with Crippen LogP contribution in [-0.2, 0) is 0 Å². The number of para-hydroxylation sites is 1. The van der Waals surface area contributed by atoms with E-state index in [4.69, 9.17) is 0 Å². The number of nitrogens with one attached hydrogen (secondary N) is 1. The Kier molecular flexibility index (Phi) is 3.16. The molecule has 1 rings (SSSR count). The zero-order chi connectivity index (χ0) is 11.5. The van der Waals surface area contributed by atoms with Crippen molar-refractivity contribution in [1.29, 1.82) is 0 Å². The van der Waals surface area contributed by atoms with E-state index in [1.54, 1.807) is 0 Å². The standard InChI is InChI=1S/C9H8F5N/c10-6-8(11,12)9(13,14)15-7-4-2-1-3-5-7/h1-5,15H,6H2. The molecule has 0 atom stereocenters. The van der Waals surface area contributed by atoms with Gasteiger partial charge in [0.25, 0.3) is 0 Å². The highest BCUT2D eigenvalue weighted by atomic mass is 19.3. The van der Waals surface area contributed by atoms with Gasteiger partial charge in [-0.1, -0.05) is 18.2 Å². The fourth-order valence-corrected chi connectivity index (χ4v) is 0.878. The summed E-state index contributed by atoms with van der Waals surface area (Å²) >= 11 is 0. The summed E-state index contributed by atoms with van der Waals surface area (Å²) in [4.78, 5) is 0. The third-order valence-electron chi connectivity index (χ3n) is 1.70. The Hall–Kier alpha value is -1.33. The molecule has 0 aliphatic carbocycles. The van der Waals surface area contributed by atoms with Crippen LogP contribution in [0.25, 0.3) is 0 Å². The van der Waals surface area contributed by atoms with Crippen molar-refractivity contribution in [2.75, 3.05) is 12.0 Å². The Morgan fingerprint density at radius 1 is 1.00 bits per heavy atom. The first-order valence-electron chi connectivity index (χ1n) is 4.04. The molecule has 0 saturated heterocycles. The molecule has 1 N–H and O–H groups in total. The highest BCUT2D eigenvalue weighted by molar-refractivity contribution is 5.44. The molecule has 0 heterocycles. The lowest BCUT2D eigenvalue weighted by atomic mass is 10.2. The molecule has 0 aromatic heterocycles. The largest absolute Gasteiger partial charge is 0.389 e. The Balaban J connectivity index is 2.81. The molecule has 0 aliphatic heterocycles. The van der Waals surface area contributed by atoms with E-state index in [0.717, 1.165) is 0 Å². The van der Waals surface area contributed by atoms with Crippen molar-refractivity contribution in [3.05, 3.63) is 30.3 Å². The molecule has 0 aliphatic rings. The van der Waals surface area contributed by atoms with E-state index in [1.807, 2.05) is 0 Å². The lowest BCUT2D eigenvalue weighted by Gasteiger charge is -2.25. The highest BCUT2D eigenvalue weighted by Crippen LogP contribution is 2.35. The smallest absolute Gasteiger partial charge is 0.322 e. The van der Waals surface area contributed by atoms with Crippen LogP contribution >= 0.6 is 0 Å². The molecule has 0 amide bonds. The quantitative estimate of drug-likeness (QED) is 0.612. The second-order valence-electron chi connectivity index (χ2n) is 2.90. The summed E-state index contributed by atoms with van der Waals surface area (Å²) in [6.45, 7) is -2.42. The summed E-state index contributed by atoms with van der Waals surface area (Å²) in [6, 6.07) is 2.09. The first kappa shape index (κ1) is 11.7. The first-order chi connectivity index (χ1) is 6.89. The van der Waals surface area contributed by atoms with Crippen molar-refractivity contribution in [3.8, 4) is 0 Å². The number of halogens is 5. The van der Waals surface area contributed by atoms with Gasteiger partial charge in [-0.25, -0.2) is 4.39 Å². The van der Waals surface area contributed by atoms with Crippen LogP contribution in [0.3, 0.4) is 0 Å². The Bertz CT molecular complexity index is 312. The van der Waals surface area contributed by atoms with Crippen LogP contribution in [0.5, 0.6) is 0 Å². The number of hydrogen-bond donors (Lipinski definition) is 1. The fourth-order valence-electron chi connectivity index (χ4n) is 0.878. The van der Waals surface area contributed by atoms with E-state index < -0.39 is 18.6 Å². The van der Waals surface area contributed by atoms with Crippen LogP contribution in [0, 0.1) is 0 Å². The zero-order valence-corrected chi connectivity index (χ0v) is 7.48. The van der Waals surface area contributed by atoms with Crippen molar-refractivity contribution < 1.29 is 22.0 Å². The van der Waals surface area contributed by atoms with E-state index in [1.165, 1.54) is 35.6 Å². The average molecular weight is 225 g/mol. The van der Waals surface area contributed by atoms with E-state index in [-0.39, 0.29) is 5.69 Å². The van der Waals surface area contributed by atoms with E-state index in [2.05, 4.69) is 0 Å². The molecule has 0 bridgehead atoms. The van der Waals surface area contributed by atoms with Gasteiger partial charge in [0.05, 0.1) is 0 Å². The molecule has 84 valence electrons. The monoisotopic (exact) mass is 225 g/mol. The summed E-state index contributed by atoms with van der Waals surface area (Å²) < 4.78 is 62.1. The molecule has 1 nitrogen and oxygen atoms in total. The summed E-state index contributed by atoms with van der Waals surface area (Å²) in [5.74, 6) is -4.72. The molecular weight excluding hydrogens is 217 g/mol. The number of anilines is 1. The maximum atomic E-state index is 12.8. The molecule has 6 heteroatoms. The Labute approximate surface area is 82.9 Å². The number of benzene rings is 1. The average Bonchev–Trinajstić information content (AvgIpc) is 2.18. The summed E-state index contributed by atoms with van der Waals surface area (Å²) in [6.07, 6.45) is 0. The lowest BCUT2D eigenvalue weighted by Crippen LogP contribution is -2.48. The minimum atomic E-state index is -4.72. The molecule has 15 heavy (non-hydrogen) atoms. The Morgan fingerprint density at radius 2 is 1.53 bits per heavy atom. The number of hydrogen-bond acceptors (Lipinski definition) is 1. The second kappa shape index (κ2) is 4.04. The maximum absolute atomic E-state index is 12.8. The summed E-state index contributed by atoms with van der Waals surface area (Å²) in [7, 11) is 0. The third kappa shape index (κ3) is 2.57. The van der Waals surface area contributed by atoms with Crippen LogP contribution in [0.1, 0.15) is 0 Å². The van der Waals surface area contributed by atoms with Gasteiger partial charge >= 0.3 is 12.0 Å². The molecule has 1 aromatic carbocycles. The van der Waals surface area contributed by atoms with Gasteiger partial charge in [0.2, 0.25) is 0 Å². The van der Waals surface area contributed by atoms with Crippen molar-refractivity contribution in [2.45, 2.75) is 12.0 Å². The van der Waals surface area contributed by atoms with E-state index in [0.29, 0.717) is 0 Å². The third-order valence-corrected chi connectivity index (χ3v) is 1.70. The van der Waals surface area contributed by atoms with Gasteiger partial charge in [0.1, 0.15) is 0 Å². The van der Waals surface area contributed by atoms with Gasteiger partial charge < -0.3 is 5.32 Å². The van der Waals surface area contributed by atoms with Crippen molar-refractivity contribution >= 4 is 5.69 Å². The molecular formula is C9H8F5N. The SMILES string of the molecule is FCC(F)(F)C(F)(F)Nc1ccccc1. The number of rotatable bonds is 4. The van der Waals surface area contributed by atoms with E-state index in [9.17, 15) is 22.0 Å². The van der Waals surface area contributed by atoms with E-state index >= 15 is 0 Å². The molecule has 0 saturated carbocycles. The number of alkyl halides is 5. The van der Waals surface area contributed by atoms with Crippen LogP contribution in [-0.4, -0.2) is 18.6 Å². The van der Waals surface area contributed by atoms with Gasteiger partial charge in [0, 0.05) is 5.69 Å². The molecule has 0 spiro atoms. The van der Waals surface area contributed by atoms with Crippen molar-refractivity contribution in [2.24, 2.45) is 0 Å². The minimum absolute atomic E-state index is 0.198. The highest BCUT2D eigenvalue weighted by Gasteiger charge is 2.56. The second-order valence-corrected chi connectivity index (χ2v) is 2.90. The zero-order valence-electron chi connectivity index (χ0n) is 7.48. The fraction of sp³-hybridized carbons (Fsp3) is 0.333. The van der Waals surface area contributed by atoms with Gasteiger partial charge in [-0.15, -0.1) is 0 Å². The molecule has 0 unspecified atom stereocenters. The van der Waals surface area contributed by atoms with Gasteiger partial charge in [0.15, 0.2) is 6.67 Å². The van der Waals surface area contributed by atoms with Crippen LogP contribution in [0.15, 0.2) is 30.3 Å². The Morgan fingerprint density at radius 3 is 2.00 bits per heavy atom. The lowest BCUT2D eigenvalue weighted by molar-refractivity contribution is -0.198.